The van der Waals surface area contributed by atoms with E-state index in [0.717, 1.165) is 5.56 Å². The predicted octanol–water partition coefficient (Wildman–Crippen LogP) is 0.0510. The van der Waals surface area contributed by atoms with Crippen molar-refractivity contribution in [2.45, 2.75) is 25.3 Å². The van der Waals surface area contributed by atoms with Gasteiger partial charge < -0.3 is 21.3 Å². The molecule has 0 aliphatic carbocycles. The van der Waals surface area contributed by atoms with Crippen LogP contribution in [0.3, 0.4) is 0 Å². The second-order valence-electron chi connectivity index (χ2n) is 4.60. The van der Waals surface area contributed by atoms with E-state index in [4.69, 9.17) is 5.73 Å². The Hall–Kier alpha value is -1.43. The van der Waals surface area contributed by atoms with Crippen molar-refractivity contribution in [1.82, 2.24) is 5.32 Å². The lowest BCUT2D eigenvalue weighted by Crippen LogP contribution is -2.54. The van der Waals surface area contributed by atoms with E-state index in [0.29, 0.717) is 24.9 Å². The zero-order valence-electron chi connectivity index (χ0n) is 11.2. The average Bonchev–Trinajstić information content (AvgIpc) is 2.46. The number of amides is 1. The Bertz CT molecular complexity index is 409. The van der Waals surface area contributed by atoms with Crippen LogP contribution in [-0.2, 0) is 6.42 Å². The van der Waals surface area contributed by atoms with Crippen molar-refractivity contribution in [3.05, 3.63) is 35.4 Å². The second-order valence-corrected chi connectivity index (χ2v) is 4.60. The molecule has 1 aromatic rings. The molecular formula is C14H22N2O3. The summed E-state index contributed by atoms with van der Waals surface area (Å²) in [7, 11) is 0. The maximum atomic E-state index is 12.3. The smallest absolute Gasteiger partial charge is 0.252 e. The van der Waals surface area contributed by atoms with Gasteiger partial charge in [-0.1, -0.05) is 25.1 Å². The zero-order chi connectivity index (χ0) is 14.3. The van der Waals surface area contributed by atoms with Crippen molar-refractivity contribution >= 4 is 5.91 Å². The molecule has 0 heterocycles. The lowest BCUT2D eigenvalue weighted by molar-refractivity contribution is 0.0652. The third-order valence-corrected chi connectivity index (χ3v) is 3.34. The van der Waals surface area contributed by atoms with Crippen LogP contribution < -0.4 is 11.1 Å². The molecule has 106 valence electrons. The van der Waals surface area contributed by atoms with Gasteiger partial charge in [0.15, 0.2) is 0 Å². The minimum Gasteiger partial charge on any atom is -0.394 e. The summed E-state index contributed by atoms with van der Waals surface area (Å²) in [5, 5.41) is 21.4. The summed E-state index contributed by atoms with van der Waals surface area (Å²) in [6.07, 6.45) is 1.06. The molecule has 0 unspecified atom stereocenters. The number of nitrogens with one attached hydrogen (secondary N) is 1. The first-order valence-corrected chi connectivity index (χ1v) is 6.44. The van der Waals surface area contributed by atoms with Gasteiger partial charge in [-0.15, -0.1) is 0 Å². The van der Waals surface area contributed by atoms with Crippen LogP contribution in [0.25, 0.3) is 0 Å². The predicted molar refractivity (Wildman–Crippen MR) is 73.9 cm³/mol. The van der Waals surface area contributed by atoms with Gasteiger partial charge in [-0.05, 0) is 31.0 Å². The maximum Gasteiger partial charge on any atom is 0.252 e. The van der Waals surface area contributed by atoms with Crippen molar-refractivity contribution < 1.29 is 15.0 Å². The van der Waals surface area contributed by atoms with Crippen molar-refractivity contribution in [2.75, 3.05) is 19.8 Å². The molecule has 0 saturated carbocycles. The Kier molecular flexibility index (Phi) is 5.95. The molecule has 0 aromatic heterocycles. The third-order valence-electron chi connectivity index (χ3n) is 3.34. The number of carbonyl (C=O) groups excluding carboxylic acids is 1. The largest absolute Gasteiger partial charge is 0.394 e. The first-order chi connectivity index (χ1) is 9.12. The maximum absolute atomic E-state index is 12.3. The van der Waals surface area contributed by atoms with Crippen LogP contribution in [0.15, 0.2) is 24.3 Å². The lowest BCUT2D eigenvalue weighted by Gasteiger charge is -2.30. The van der Waals surface area contributed by atoms with E-state index in [2.05, 4.69) is 5.32 Å². The van der Waals surface area contributed by atoms with Gasteiger partial charge in [0.1, 0.15) is 0 Å². The fraction of sp³-hybridized carbons (Fsp3) is 0.500. The molecule has 5 heteroatoms. The van der Waals surface area contributed by atoms with Crippen molar-refractivity contribution in [1.29, 1.82) is 0 Å². The quantitative estimate of drug-likeness (QED) is 0.561. The highest BCUT2D eigenvalue weighted by molar-refractivity contribution is 5.96. The van der Waals surface area contributed by atoms with E-state index < -0.39 is 5.54 Å². The van der Waals surface area contributed by atoms with Crippen LogP contribution >= 0.6 is 0 Å². The molecule has 0 aliphatic heterocycles. The number of carbonyl (C=O) groups is 1. The summed E-state index contributed by atoms with van der Waals surface area (Å²) >= 11 is 0. The monoisotopic (exact) mass is 266 g/mol. The summed E-state index contributed by atoms with van der Waals surface area (Å²) in [5.74, 6) is -0.297. The Labute approximate surface area is 113 Å². The van der Waals surface area contributed by atoms with E-state index in [1.165, 1.54) is 0 Å². The molecular weight excluding hydrogens is 244 g/mol. The van der Waals surface area contributed by atoms with Gasteiger partial charge in [0.2, 0.25) is 0 Å². The number of rotatable bonds is 7. The van der Waals surface area contributed by atoms with Crippen LogP contribution in [0.4, 0.5) is 0 Å². The Balaban J connectivity index is 2.94. The number of aliphatic hydroxyl groups is 2. The van der Waals surface area contributed by atoms with Crippen LogP contribution in [0.1, 0.15) is 29.3 Å². The van der Waals surface area contributed by atoms with Crippen molar-refractivity contribution in [2.24, 2.45) is 5.73 Å². The summed E-state index contributed by atoms with van der Waals surface area (Å²) in [6, 6.07) is 7.20. The average molecular weight is 266 g/mol. The molecule has 0 aliphatic rings. The van der Waals surface area contributed by atoms with Crippen LogP contribution in [0.5, 0.6) is 0 Å². The lowest BCUT2D eigenvalue weighted by atomic mass is 9.96. The number of hydrogen-bond donors (Lipinski definition) is 4. The number of nitrogens with two attached hydrogens (primary N) is 1. The van der Waals surface area contributed by atoms with E-state index in [9.17, 15) is 15.0 Å². The molecule has 5 N–H and O–H groups in total. The van der Waals surface area contributed by atoms with Gasteiger partial charge in [-0.3, -0.25) is 4.79 Å². The van der Waals surface area contributed by atoms with Gasteiger partial charge in [0.25, 0.3) is 5.91 Å². The molecule has 0 saturated heterocycles. The molecule has 1 rings (SSSR count). The zero-order valence-corrected chi connectivity index (χ0v) is 11.2. The molecule has 1 aromatic carbocycles. The molecule has 5 nitrogen and oxygen atoms in total. The van der Waals surface area contributed by atoms with Crippen LogP contribution in [-0.4, -0.2) is 41.4 Å². The van der Waals surface area contributed by atoms with E-state index in [1.54, 1.807) is 19.1 Å². The van der Waals surface area contributed by atoms with E-state index in [1.807, 2.05) is 12.1 Å². The highest BCUT2D eigenvalue weighted by atomic mass is 16.3. The normalized spacial score (nSPS) is 11.4. The molecule has 1 amide bonds. The van der Waals surface area contributed by atoms with Crippen LogP contribution in [0, 0.1) is 0 Å². The van der Waals surface area contributed by atoms with E-state index in [-0.39, 0.29) is 19.1 Å². The minimum absolute atomic E-state index is 0.297. The van der Waals surface area contributed by atoms with Gasteiger partial charge in [0, 0.05) is 5.56 Å². The second kappa shape index (κ2) is 7.23. The Morgan fingerprint density at radius 2 is 1.95 bits per heavy atom. The fourth-order valence-corrected chi connectivity index (χ4v) is 1.86. The number of hydrogen-bond acceptors (Lipinski definition) is 4. The molecule has 0 fully saturated rings. The van der Waals surface area contributed by atoms with Crippen molar-refractivity contribution in [3.8, 4) is 0 Å². The van der Waals surface area contributed by atoms with Gasteiger partial charge in [-0.25, -0.2) is 0 Å². The topological polar surface area (TPSA) is 95.6 Å². The summed E-state index contributed by atoms with van der Waals surface area (Å²) < 4.78 is 0. The Morgan fingerprint density at radius 3 is 2.47 bits per heavy atom. The molecule has 0 bridgehead atoms. The molecule has 0 atom stereocenters. The Morgan fingerprint density at radius 1 is 1.32 bits per heavy atom. The number of aliphatic hydroxyl groups excluding tert-OH is 2. The SMILES string of the molecule is CCC(CO)(CO)NC(=O)c1ccccc1CCN. The molecule has 19 heavy (non-hydrogen) atoms. The van der Waals surface area contributed by atoms with Crippen LogP contribution in [0.2, 0.25) is 0 Å². The van der Waals surface area contributed by atoms with Gasteiger partial charge in [-0.2, -0.15) is 0 Å². The third kappa shape index (κ3) is 3.76. The summed E-state index contributed by atoms with van der Waals surface area (Å²) in [4.78, 5) is 12.3. The van der Waals surface area contributed by atoms with Gasteiger partial charge in [0.05, 0.1) is 18.8 Å². The summed E-state index contributed by atoms with van der Waals surface area (Å²) in [5.41, 5.74) is 5.94. The minimum atomic E-state index is -0.979. The fourth-order valence-electron chi connectivity index (χ4n) is 1.86. The highest BCUT2D eigenvalue weighted by Crippen LogP contribution is 2.13. The first kappa shape index (κ1) is 15.6. The summed E-state index contributed by atoms with van der Waals surface area (Å²) in [6.45, 7) is 1.66. The standard InChI is InChI=1S/C14H22N2O3/c1-2-14(9-17,10-18)16-13(19)12-6-4-3-5-11(12)7-8-15/h3-6,17-18H,2,7-10,15H2,1H3,(H,16,19). The van der Waals surface area contributed by atoms with Gasteiger partial charge >= 0.3 is 0 Å². The van der Waals surface area contributed by atoms with Crippen molar-refractivity contribution in [3.63, 3.8) is 0 Å². The molecule has 0 radical (unpaired) electrons. The highest BCUT2D eigenvalue weighted by Gasteiger charge is 2.29. The van der Waals surface area contributed by atoms with E-state index >= 15 is 0 Å². The first-order valence-electron chi connectivity index (χ1n) is 6.44. The molecule has 0 spiro atoms. The number of benzene rings is 1.